The predicted molar refractivity (Wildman–Crippen MR) is 70.8 cm³/mol. The number of pyridine rings is 1. The minimum Gasteiger partial charge on any atom is -0.490 e. The lowest BCUT2D eigenvalue weighted by Gasteiger charge is -2.10. The zero-order valence-electron chi connectivity index (χ0n) is 11.0. The molecule has 0 aliphatic rings. The summed E-state index contributed by atoms with van der Waals surface area (Å²) in [5.41, 5.74) is 0.550. The number of carbonyl (C=O) groups is 1. The number of imidazole rings is 1. The molecule has 0 spiro atoms. The van der Waals surface area contributed by atoms with E-state index in [1.165, 1.54) is 6.20 Å². The lowest BCUT2D eigenvalue weighted by molar-refractivity contribution is 0.0691. The highest BCUT2D eigenvalue weighted by atomic mass is 16.5. The molecule has 0 unspecified atom stereocenters. The van der Waals surface area contributed by atoms with E-state index in [1.807, 2.05) is 20.2 Å². The molecule has 1 N–H and O–H groups in total. The van der Waals surface area contributed by atoms with E-state index in [2.05, 4.69) is 9.88 Å². The van der Waals surface area contributed by atoms with Gasteiger partial charge in [0.2, 0.25) is 0 Å². The summed E-state index contributed by atoms with van der Waals surface area (Å²) < 4.78 is 7.32. The minimum absolute atomic E-state index is 0.0179. The summed E-state index contributed by atoms with van der Waals surface area (Å²) in [5.74, 6) is -0.434. The first-order valence-corrected chi connectivity index (χ1v) is 6.06. The second kappa shape index (κ2) is 5.71. The van der Waals surface area contributed by atoms with Crippen LogP contribution in [0.3, 0.4) is 0 Å². The van der Waals surface area contributed by atoms with Crippen LogP contribution in [0.2, 0.25) is 0 Å². The van der Waals surface area contributed by atoms with Gasteiger partial charge in [0, 0.05) is 18.9 Å². The van der Waals surface area contributed by atoms with Crippen LogP contribution in [0.15, 0.2) is 24.5 Å². The van der Waals surface area contributed by atoms with E-state index in [-0.39, 0.29) is 5.69 Å². The van der Waals surface area contributed by atoms with Crippen LogP contribution < -0.4 is 4.74 Å². The zero-order valence-corrected chi connectivity index (χ0v) is 11.0. The molecule has 0 aromatic carbocycles. The molecule has 2 aromatic rings. The molecule has 19 heavy (non-hydrogen) atoms. The molecule has 2 rings (SSSR count). The van der Waals surface area contributed by atoms with Gasteiger partial charge >= 0.3 is 5.97 Å². The van der Waals surface area contributed by atoms with Gasteiger partial charge in [0.15, 0.2) is 17.1 Å². The molecule has 0 saturated heterocycles. The summed E-state index contributed by atoms with van der Waals surface area (Å²) in [6.07, 6.45) is 4.13. The number of hydrogen-bond acceptors (Lipinski definition) is 4. The lowest BCUT2D eigenvalue weighted by Crippen LogP contribution is -2.15. The number of hydrogen-bond donors (Lipinski definition) is 1. The van der Waals surface area contributed by atoms with Crippen LogP contribution >= 0.6 is 0 Å². The number of rotatable bonds is 6. The molecular weight excluding hydrogens is 246 g/mol. The molecule has 6 heteroatoms. The van der Waals surface area contributed by atoms with E-state index in [4.69, 9.17) is 9.84 Å². The van der Waals surface area contributed by atoms with E-state index in [9.17, 15) is 4.79 Å². The van der Waals surface area contributed by atoms with Gasteiger partial charge in [-0.05, 0) is 32.6 Å². The number of aromatic carboxylic acids is 1. The number of aromatic nitrogens is 2. The van der Waals surface area contributed by atoms with E-state index in [0.717, 1.165) is 13.0 Å². The van der Waals surface area contributed by atoms with Gasteiger partial charge in [-0.25, -0.2) is 9.78 Å². The summed E-state index contributed by atoms with van der Waals surface area (Å²) in [4.78, 5) is 17.0. The average molecular weight is 263 g/mol. The Morgan fingerprint density at radius 2 is 2.32 bits per heavy atom. The molecule has 102 valence electrons. The predicted octanol–water partition coefficient (Wildman–Crippen LogP) is 1.36. The van der Waals surface area contributed by atoms with Crippen LogP contribution in [0.4, 0.5) is 0 Å². The van der Waals surface area contributed by atoms with Gasteiger partial charge in [-0.2, -0.15) is 0 Å². The molecule has 0 atom stereocenters. The lowest BCUT2D eigenvalue weighted by atomic mass is 10.4. The number of fused-ring (bicyclic) bond motifs is 1. The van der Waals surface area contributed by atoms with Crippen LogP contribution in [0.25, 0.3) is 5.65 Å². The third kappa shape index (κ3) is 3.23. The first-order chi connectivity index (χ1) is 9.08. The van der Waals surface area contributed by atoms with Crippen molar-refractivity contribution in [3.8, 4) is 5.75 Å². The second-order valence-electron chi connectivity index (χ2n) is 4.54. The van der Waals surface area contributed by atoms with Crippen molar-refractivity contribution in [2.24, 2.45) is 0 Å². The van der Waals surface area contributed by atoms with Gasteiger partial charge in [0.25, 0.3) is 0 Å². The highest BCUT2D eigenvalue weighted by Gasteiger charge is 2.11. The summed E-state index contributed by atoms with van der Waals surface area (Å²) in [7, 11) is 4.02. The molecule has 0 saturated carbocycles. The molecule has 2 heterocycles. The first kappa shape index (κ1) is 13.4. The van der Waals surface area contributed by atoms with E-state index in [1.54, 1.807) is 16.7 Å². The zero-order chi connectivity index (χ0) is 13.8. The number of carboxylic acid groups (broad SMARTS) is 1. The van der Waals surface area contributed by atoms with Crippen molar-refractivity contribution in [2.45, 2.75) is 6.42 Å². The monoisotopic (exact) mass is 263 g/mol. The third-order valence-electron chi connectivity index (χ3n) is 2.67. The fourth-order valence-electron chi connectivity index (χ4n) is 1.77. The Hall–Kier alpha value is -2.08. The van der Waals surface area contributed by atoms with Crippen molar-refractivity contribution in [2.75, 3.05) is 27.2 Å². The molecule has 0 aliphatic heterocycles. The van der Waals surface area contributed by atoms with Gasteiger partial charge in [0.1, 0.15) is 0 Å². The van der Waals surface area contributed by atoms with Crippen molar-refractivity contribution >= 4 is 11.6 Å². The number of carboxylic acids is 1. The van der Waals surface area contributed by atoms with Gasteiger partial charge in [-0.15, -0.1) is 0 Å². The average Bonchev–Trinajstić information content (AvgIpc) is 2.79. The Bertz CT molecular complexity index is 578. The maximum atomic E-state index is 10.9. The summed E-state index contributed by atoms with van der Waals surface area (Å²) >= 11 is 0. The highest BCUT2D eigenvalue weighted by molar-refractivity contribution is 5.86. The van der Waals surface area contributed by atoms with E-state index < -0.39 is 5.97 Å². The van der Waals surface area contributed by atoms with Gasteiger partial charge in [-0.3, -0.25) is 0 Å². The van der Waals surface area contributed by atoms with Crippen molar-refractivity contribution in [3.63, 3.8) is 0 Å². The maximum absolute atomic E-state index is 10.9. The fourth-order valence-corrected chi connectivity index (χ4v) is 1.77. The van der Waals surface area contributed by atoms with Crippen LogP contribution in [0.1, 0.15) is 16.9 Å². The normalized spacial score (nSPS) is 11.1. The molecule has 2 aromatic heterocycles. The number of nitrogens with zero attached hydrogens (tertiary/aromatic N) is 3. The van der Waals surface area contributed by atoms with Crippen molar-refractivity contribution < 1.29 is 14.6 Å². The molecular formula is C13H17N3O3. The highest BCUT2D eigenvalue weighted by Crippen LogP contribution is 2.19. The largest absolute Gasteiger partial charge is 0.490 e. The minimum atomic E-state index is -1.04. The van der Waals surface area contributed by atoms with Crippen LogP contribution in [0.5, 0.6) is 5.75 Å². The first-order valence-electron chi connectivity index (χ1n) is 6.06. The Morgan fingerprint density at radius 3 is 3.00 bits per heavy atom. The van der Waals surface area contributed by atoms with Crippen LogP contribution in [0, 0.1) is 0 Å². The third-order valence-corrected chi connectivity index (χ3v) is 2.67. The number of ether oxygens (including phenoxy) is 1. The van der Waals surface area contributed by atoms with E-state index >= 15 is 0 Å². The fraction of sp³-hybridized carbons (Fsp3) is 0.385. The Morgan fingerprint density at radius 1 is 1.53 bits per heavy atom. The van der Waals surface area contributed by atoms with Gasteiger partial charge < -0.3 is 19.1 Å². The van der Waals surface area contributed by atoms with Crippen molar-refractivity contribution in [1.29, 1.82) is 0 Å². The van der Waals surface area contributed by atoms with E-state index in [0.29, 0.717) is 18.0 Å². The second-order valence-corrected chi connectivity index (χ2v) is 4.54. The Balaban J connectivity index is 2.12. The molecule has 6 nitrogen and oxygen atoms in total. The summed E-state index contributed by atoms with van der Waals surface area (Å²) in [6, 6.07) is 3.60. The topological polar surface area (TPSA) is 67.1 Å². The smallest absolute Gasteiger partial charge is 0.356 e. The Kier molecular flexibility index (Phi) is 4.01. The molecule has 0 bridgehead atoms. The van der Waals surface area contributed by atoms with Crippen molar-refractivity contribution in [3.05, 3.63) is 30.2 Å². The standard InChI is InChI=1S/C13H17N3O3/c1-15(2)6-4-8-19-11-5-3-7-16-9-10(13(17)18)14-12(11)16/h3,5,7,9H,4,6,8H2,1-2H3,(H,17,18). The molecule has 0 fully saturated rings. The van der Waals surface area contributed by atoms with Crippen molar-refractivity contribution in [1.82, 2.24) is 14.3 Å². The summed E-state index contributed by atoms with van der Waals surface area (Å²) in [6.45, 7) is 1.52. The summed E-state index contributed by atoms with van der Waals surface area (Å²) in [5, 5.41) is 8.93. The quantitative estimate of drug-likeness (QED) is 0.797. The van der Waals surface area contributed by atoms with Gasteiger partial charge in [0.05, 0.1) is 6.61 Å². The maximum Gasteiger partial charge on any atom is 0.356 e. The molecule has 0 radical (unpaired) electrons. The van der Waals surface area contributed by atoms with Crippen LogP contribution in [-0.2, 0) is 0 Å². The molecule has 0 amide bonds. The van der Waals surface area contributed by atoms with Gasteiger partial charge in [-0.1, -0.05) is 0 Å². The molecule has 0 aliphatic carbocycles. The Labute approximate surface area is 111 Å². The van der Waals surface area contributed by atoms with Crippen LogP contribution in [-0.4, -0.2) is 52.6 Å². The SMILES string of the molecule is CN(C)CCCOc1cccn2cc(C(=O)O)nc12.